The monoisotopic (exact) mass is 291 g/mol. The summed E-state index contributed by atoms with van der Waals surface area (Å²) in [5.41, 5.74) is 0.0482. The second-order valence-corrected chi connectivity index (χ2v) is 5.81. The molecular weight excluding hydrogens is 275 g/mol. The fourth-order valence-electron chi connectivity index (χ4n) is 2.70. The number of hydrogen-bond donors (Lipinski definition) is 0. The van der Waals surface area contributed by atoms with Gasteiger partial charge in [0.1, 0.15) is 0 Å². The first-order valence-electron chi connectivity index (χ1n) is 6.29. The molecule has 0 aromatic heterocycles. The van der Waals surface area contributed by atoms with E-state index in [4.69, 9.17) is 11.6 Å². The Labute approximate surface area is 116 Å². The maximum absolute atomic E-state index is 13.0. The van der Waals surface area contributed by atoms with Gasteiger partial charge in [-0.2, -0.15) is 13.2 Å². The zero-order valence-electron chi connectivity index (χ0n) is 11.0. The molecule has 19 heavy (non-hydrogen) atoms. The Morgan fingerprint density at radius 3 is 2.47 bits per heavy atom. The topological polar surface area (TPSA) is 3.24 Å². The Morgan fingerprint density at radius 1 is 1.32 bits per heavy atom. The molecule has 0 amide bonds. The Balaban J connectivity index is 2.44. The summed E-state index contributed by atoms with van der Waals surface area (Å²) >= 11 is 5.59. The van der Waals surface area contributed by atoms with Crippen molar-refractivity contribution >= 4 is 17.3 Å². The Hall–Kier alpha value is -0.900. The van der Waals surface area contributed by atoms with E-state index >= 15 is 0 Å². The van der Waals surface area contributed by atoms with Crippen molar-refractivity contribution in [2.24, 2.45) is 0 Å². The number of rotatable bonds is 2. The van der Waals surface area contributed by atoms with Crippen LogP contribution in [0.25, 0.3) is 0 Å². The third-order valence-corrected chi connectivity index (χ3v) is 4.04. The van der Waals surface area contributed by atoms with Crippen LogP contribution in [-0.2, 0) is 12.1 Å². The number of hydrogen-bond acceptors (Lipinski definition) is 1. The Bertz CT molecular complexity index is 468. The molecule has 0 unspecified atom stereocenters. The molecule has 106 valence electrons. The highest BCUT2D eigenvalue weighted by molar-refractivity contribution is 6.17. The third kappa shape index (κ3) is 2.83. The summed E-state index contributed by atoms with van der Waals surface area (Å²) in [5.74, 6) is -0.126. The molecule has 0 saturated carbocycles. The first kappa shape index (κ1) is 14.5. The van der Waals surface area contributed by atoms with Gasteiger partial charge in [-0.1, -0.05) is 6.07 Å². The van der Waals surface area contributed by atoms with Crippen molar-refractivity contribution < 1.29 is 13.2 Å². The lowest BCUT2D eigenvalue weighted by Gasteiger charge is -2.34. The lowest BCUT2D eigenvalue weighted by atomic mass is 10.0. The molecule has 0 atom stereocenters. The van der Waals surface area contributed by atoms with E-state index < -0.39 is 11.7 Å². The molecule has 1 aromatic rings. The fraction of sp³-hybridized carbons (Fsp3) is 0.571. The van der Waals surface area contributed by atoms with Crippen LogP contribution in [0.1, 0.15) is 37.8 Å². The third-order valence-electron chi connectivity index (χ3n) is 3.76. The molecule has 5 heteroatoms. The van der Waals surface area contributed by atoms with Crippen LogP contribution >= 0.6 is 11.6 Å². The highest BCUT2D eigenvalue weighted by Crippen LogP contribution is 2.39. The Morgan fingerprint density at radius 2 is 2.00 bits per heavy atom. The molecule has 1 fully saturated rings. The molecule has 0 bridgehead atoms. The molecule has 1 nitrogen and oxygen atoms in total. The summed E-state index contributed by atoms with van der Waals surface area (Å²) in [4.78, 5) is 2.04. The lowest BCUT2D eigenvalue weighted by molar-refractivity contribution is -0.138. The molecule has 0 N–H and O–H groups in total. The highest BCUT2D eigenvalue weighted by Gasteiger charge is 2.36. The first-order valence-corrected chi connectivity index (χ1v) is 6.83. The highest BCUT2D eigenvalue weighted by atomic mass is 35.5. The molecule has 1 aromatic carbocycles. The standard InChI is InChI=1S/C14H17ClF3N/c1-13(2)6-3-7-19(13)11-5-4-10(9-15)12(8-11)14(16,17)18/h4-5,8H,3,6-7,9H2,1-2H3. The molecule has 2 rings (SSSR count). The minimum atomic E-state index is -4.36. The van der Waals surface area contributed by atoms with E-state index in [1.807, 2.05) is 4.90 Å². The largest absolute Gasteiger partial charge is 0.416 e. The van der Waals surface area contributed by atoms with Crippen LogP contribution < -0.4 is 4.90 Å². The van der Waals surface area contributed by atoms with Gasteiger partial charge < -0.3 is 4.90 Å². The fourth-order valence-corrected chi connectivity index (χ4v) is 2.93. The Kier molecular flexibility index (Phi) is 3.74. The minimum Gasteiger partial charge on any atom is -0.366 e. The van der Waals surface area contributed by atoms with Gasteiger partial charge in [-0.15, -0.1) is 11.6 Å². The average Bonchev–Trinajstić information content (AvgIpc) is 2.67. The smallest absolute Gasteiger partial charge is 0.366 e. The van der Waals surface area contributed by atoms with E-state index in [0.29, 0.717) is 5.69 Å². The van der Waals surface area contributed by atoms with Crippen molar-refractivity contribution in [3.05, 3.63) is 29.3 Å². The molecule has 1 heterocycles. The van der Waals surface area contributed by atoms with E-state index in [2.05, 4.69) is 13.8 Å². The number of nitrogens with zero attached hydrogens (tertiary/aromatic N) is 1. The molecule has 1 aliphatic rings. The van der Waals surface area contributed by atoms with E-state index in [0.717, 1.165) is 19.4 Å². The number of halogens is 4. The number of anilines is 1. The van der Waals surface area contributed by atoms with E-state index in [9.17, 15) is 13.2 Å². The summed E-state index contributed by atoms with van der Waals surface area (Å²) in [6.07, 6.45) is -2.36. The summed E-state index contributed by atoms with van der Waals surface area (Å²) < 4.78 is 39.1. The van der Waals surface area contributed by atoms with Crippen LogP contribution in [-0.4, -0.2) is 12.1 Å². The quantitative estimate of drug-likeness (QED) is 0.706. The van der Waals surface area contributed by atoms with Gasteiger partial charge in [-0.25, -0.2) is 0 Å². The molecule has 1 aliphatic heterocycles. The van der Waals surface area contributed by atoms with Gasteiger partial charge in [0.2, 0.25) is 0 Å². The van der Waals surface area contributed by atoms with Gasteiger partial charge in [0.05, 0.1) is 5.56 Å². The van der Waals surface area contributed by atoms with Gasteiger partial charge in [0.15, 0.2) is 0 Å². The number of alkyl halides is 4. The van der Waals surface area contributed by atoms with Crippen LogP contribution in [0, 0.1) is 0 Å². The maximum Gasteiger partial charge on any atom is 0.416 e. The lowest BCUT2D eigenvalue weighted by Crippen LogP contribution is -2.38. The first-order chi connectivity index (χ1) is 8.75. The van der Waals surface area contributed by atoms with Crippen LogP contribution in [0.4, 0.5) is 18.9 Å². The molecule has 0 radical (unpaired) electrons. The molecule has 1 saturated heterocycles. The van der Waals surface area contributed by atoms with Gasteiger partial charge in [-0.3, -0.25) is 0 Å². The van der Waals surface area contributed by atoms with Crippen molar-refractivity contribution in [1.82, 2.24) is 0 Å². The van der Waals surface area contributed by atoms with Crippen LogP contribution in [0.3, 0.4) is 0 Å². The van der Waals surface area contributed by atoms with Gasteiger partial charge in [0.25, 0.3) is 0 Å². The van der Waals surface area contributed by atoms with E-state index in [1.165, 1.54) is 12.1 Å². The minimum absolute atomic E-state index is 0.0919. The predicted molar refractivity (Wildman–Crippen MR) is 71.7 cm³/mol. The second-order valence-electron chi connectivity index (χ2n) is 5.54. The van der Waals surface area contributed by atoms with Crippen molar-refractivity contribution in [2.45, 2.75) is 44.3 Å². The average molecular weight is 292 g/mol. The summed E-state index contributed by atoms with van der Waals surface area (Å²) in [6, 6.07) is 4.45. The molecule has 0 aliphatic carbocycles. The maximum atomic E-state index is 13.0. The van der Waals surface area contributed by atoms with Crippen LogP contribution in [0.5, 0.6) is 0 Å². The predicted octanol–water partition coefficient (Wildman–Crippen LogP) is 4.82. The summed E-state index contributed by atoms with van der Waals surface area (Å²) in [5, 5.41) is 0. The van der Waals surface area contributed by atoms with Gasteiger partial charge >= 0.3 is 6.18 Å². The zero-order chi connectivity index (χ0) is 14.3. The number of benzene rings is 1. The second kappa shape index (κ2) is 4.89. The van der Waals surface area contributed by atoms with Crippen LogP contribution in [0.2, 0.25) is 0 Å². The van der Waals surface area contributed by atoms with E-state index in [1.54, 1.807) is 6.07 Å². The van der Waals surface area contributed by atoms with Crippen molar-refractivity contribution in [1.29, 1.82) is 0 Å². The van der Waals surface area contributed by atoms with Gasteiger partial charge in [-0.05, 0) is 44.4 Å². The zero-order valence-corrected chi connectivity index (χ0v) is 11.8. The van der Waals surface area contributed by atoms with Crippen molar-refractivity contribution in [3.8, 4) is 0 Å². The molecule has 0 spiro atoms. The SMILES string of the molecule is CC1(C)CCCN1c1ccc(CCl)c(C(F)(F)F)c1. The summed E-state index contributed by atoms with van der Waals surface area (Å²) in [7, 11) is 0. The van der Waals surface area contributed by atoms with E-state index in [-0.39, 0.29) is 17.0 Å². The van der Waals surface area contributed by atoms with Crippen LogP contribution in [0.15, 0.2) is 18.2 Å². The van der Waals surface area contributed by atoms with Gasteiger partial charge in [0, 0.05) is 23.7 Å². The molecular formula is C14H17ClF3N. The summed E-state index contributed by atoms with van der Waals surface area (Å²) in [6.45, 7) is 4.91. The van der Waals surface area contributed by atoms with Crippen molar-refractivity contribution in [3.63, 3.8) is 0 Å². The normalized spacial score (nSPS) is 18.9. The van der Waals surface area contributed by atoms with Crippen molar-refractivity contribution in [2.75, 3.05) is 11.4 Å².